The minimum atomic E-state index is -3.39. The van der Waals surface area contributed by atoms with Crippen molar-refractivity contribution < 1.29 is 8.42 Å². The normalized spacial score (nSPS) is 11.5. The van der Waals surface area contributed by atoms with E-state index in [-0.39, 0.29) is 4.90 Å². The number of hydrogen-bond donors (Lipinski definition) is 2. The van der Waals surface area contributed by atoms with Crippen molar-refractivity contribution in [2.45, 2.75) is 31.7 Å². The summed E-state index contributed by atoms with van der Waals surface area (Å²) in [6.07, 6.45) is 0.770. The summed E-state index contributed by atoms with van der Waals surface area (Å²) in [4.78, 5) is 4.65. The van der Waals surface area contributed by atoms with Crippen LogP contribution in [0, 0.1) is 6.92 Å². The van der Waals surface area contributed by atoms with Crippen LogP contribution in [0.15, 0.2) is 34.5 Å². The Morgan fingerprint density at radius 1 is 1.24 bits per heavy atom. The number of aromatic nitrogens is 1. The highest BCUT2D eigenvalue weighted by molar-refractivity contribution is 7.89. The molecule has 0 fully saturated rings. The van der Waals surface area contributed by atoms with Crippen LogP contribution >= 0.6 is 11.3 Å². The Morgan fingerprint density at radius 3 is 2.52 bits per heavy atom. The number of thiazole rings is 1. The molecule has 114 valence electrons. The number of aryl methyl sites for hydroxylation is 1. The zero-order chi connectivity index (χ0) is 15.3. The molecule has 0 saturated heterocycles. The lowest BCUT2D eigenvalue weighted by Gasteiger charge is -2.08. The van der Waals surface area contributed by atoms with Gasteiger partial charge in [0.2, 0.25) is 10.0 Å². The first-order valence-corrected chi connectivity index (χ1v) is 9.12. The van der Waals surface area contributed by atoms with Crippen LogP contribution in [0.2, 0.25) is 0 Å². The first-order chi connectivity index (χ1) is 10.0. The smallest absolute Gasteiger partial charge is 0.240 e. The molecule has 0 radical (unpaired) electrons. The monoisotopic (exact) mass is 325 g/mol. The van der Waals surface area contributed by atoms with Crippen LogP contribution in [-0.4, -0.2) is 19.9 Å². The maximum atomic E-state index is 11.9. The molecule has 0 bridgehead atoms. The quantitative estimate of drug-likeness (QED) is 0.821. The lowest BCUT2D eigenvalue weighted by molar-refractivity contribution is 0.581. The fourth-order valence-electron chi connectivity index (χ4n) is 1.75. The molecular formula is C14H19N3O2S2. The number of rotatable bonds is 7. The SMILES string of the molecule is CCCNS(=O)(=O)c1ccc(NCc2csc(C)n2)cc1. The average Bonchev–Trinajstić information content (AvgIpc) is 2.89. The summed E-state index contributed by atoms with van der Waals surface area (Å²) in [7, 11) is -3.39. The molecule has 0 saturated carbocycles. The van der Waals surface area contributed by atoms with Gasteiger partial charge < -0.3 is 5.32 Å². The number of nitrogens with one attached hydrogen (secondary N) is 2. The van der Waals surface area contributed by atoms with Crippen molar-refractivity contribution >= 4 is 27.0 Å². The third-order valence-electron chi connectivity index (χ3n) is 2.85. The van der Waals surface area contributed by atoms with Crippen molar-refractivity contribution in [1.29, 1.82) is 0 Å². The predicted octanol–water partition coefficient (Wildman–Crippen LogP) is 2.75. The van der Waals surface area contributed by atoms with Crippen LogP contribution in [0.1, 0.15) is 24.0 Å². The number of sulfonamides is 1. The van der Waals surface area contributed by atoms with E-state index in [1.807, 2.05) is 19.2 Å². The summed E-state index contributed by atoms with van der Waals surface area (Å²) in [5, 5.41) is 6.27. The van der Waals surface area contributed by atoms with Crippen LogP contribution in [0.4, 0.5) is 5.69 Å². The van der Waals surface area contributed by atoms with Crippen molar-refractivity contribution in [3.05, 3.63) is 40.3 Å². The summed E-state index contributed by atoms with van der Waals surface area (Å²) < 4.78 is 26.4. The van der Waals surface area contributed by atoms with Crippen molar-refractivity contribution in [2.24, 2.45) is 0 Å². The predicted molar refractivity (Wildman–Crippen MR) is 86.1 cm³/mol. The van der Waals surface area contributed by atoms with E-state index in [2.05, 4.69) is 15.0 Å². The lowest BCUT2D eigenvalue weighted by Crippen LogP contribution is -2.24. The lowest BCUT2D eigenvalue weighted by atomic mass is 10.3. The van der Waals surface area contributed by atoms with Crippen LogP contribution in [0.5, 0.6) is 0 Å². The van der Waals surface area contributed by atoms with Gasteiger partial charge in [-0.25, -0.2) is 18.1 Å². The van der Waals surface area contributed by atoms with Gasteiger partial charge in [-0.05, 0) is 37.6 Å². The van der Waals surface area contributed by atoms with Gasteiger partial charge in [-0.1, -0.05) is 6.92 Å². The van der Waals surface area contributed by atoms with Crippen LogP contribution < -0.4 is 10.0 Å². The Morgan fingerprint density at radius 2 is 1.95 bits per heavy atom. The van der Waals surface area contributed by atoms with Crippen LogP contribution in [0.25, 0.3) is 0 Å². The van der Waals surface area contributed by atoms with Crippen molar-refractivity contribution in [3.8, 4) is 0 Å². The summed E-state index contributed by atoms with van der Waals surface area (Å²) in [6, 6.07) is 6.73. The summed E-state index contributed by atoms with van der Waals surface area (Å²) in [5.74, 6) is 0. The molecule has 0 aliphatic carbocycles. The second kappa shape index (κ2) is 7.02. The summed E-state index contributed by atoms with van der Waals surface area (Å²) in [5.41, 5.74) is 1.86. The Balaban J connectivity index is 1.98. The second-order valence-corrected chi connectivity index (χ2v) is 7.46. The van der Waals surface area contributed by atoms with Crippen molar-refractivity contribution in [1.82, 2.24) is 9.71 Å². The summed E-state index contributed by atoms with van der Waals surface area (Å²) in [6.45, 7) is 4.98. The van der Waals surface area contributed by atoms with E-state index in [0.717, 1.165) is 22.8 Å². The Labute approximate surface area is 129 Å². The van der Waals surface area contributed by atoms with Gasteiger partial charge in [0.05, 0.1) is 22.1 Å². The second-order valence-electron chi connectivity index (χ2n) is 4.63. The molecule has 1 heterocycles. The Kier molecular flexibility index (Phi) is 5.33. The van der Waals surface area contributed by atoms with E-state index < -0.39 is 10.0 Å². The fourth-order valence-corrected chi connectivity index (χ4v) is 3.50. The van der Waals surface area contributed by atoms with E-state index >= 15 is 0 Å². The van der Waals surface area contributed by atoms with Crippen LogP contribution in [-0.2, 0) is 16.6 Å². The highest BCUT2D eigenvalue weighted by Gasteiger charge is 2.12. The zero-order valence-electron chi connectivity index (χ0n) is 12.1. The third-order valence-corrected chi connectivity index (χ3v) is 5.15. The molecule has 0 unspecified atom stereocenters. The van der Waals surface area contributed by atoms with Crippen LogP contribution in [0.3, 0.4) is 0 Å². The van der Waals surface area contributed by atoms with Gasteiger partial charge in [0.25, 0.3) is 0 Å². The number of nitrogens with zero attached hydrogens (tertiary/aromatic N) is 1. The molecule has 7 heteroatoms. The first kappa shape index (κ1) is 15.9. The average molecular weight is 325 g/mol. The molecule has 0 aliphatic heterocycles. The largest absolute Gasteiger partial charge is 0.379 e. The number of anilines is 1. The van der Waals surface area contributed by atoms with Gasteiger partial charge in [-0.2, -0.15) is 0 Å². The minimum Gasteiger partial charge on any atom is -0.379 e. The highest BCUT2D eigenvalue weighted by Crippen LogP contribution is 2.15. The van der Waals surface area contributed by atoms with Gasteiger partial charge in [0.15, 0.2) is 0 Å². The molecule has 2 rings (SSSR count). The van der Waals surface area contributed by atoms with Gasteiger partial charge in [-0.15, -0.1) is 11.3 Å². The van der Waals surface area contributed by atoms with E-state index in [9.17, 15) is 8.42 Å². The minimum absolute atomic E-state index is 0.283. The maximum absolute atomic E-state index is 11.9. The summed E-state index contributed by atoms with van der Waals surface area (Å²) >= 11 is 1.61. The molecule has 0 spiro atoms. The third kappa shape index (κ3) is 4.52. The zero-order valence-corrected chi connectivity index (χ0v) is 13.7. The Hall–Kier alpha value is -1.44. The van der Waals surface area contributed by atoms with E-state index in [1.165, 1.54) is 0 Å². The molecule has 0 atom stereocenters. The molecule has 0 amide bonds. The molecule has 5 nitrogen and oxygen atoms in total. The molecule has 1 aromatic heterocycles. The topological polar surface area (TPSA) is 71.1 Å². The van der Waals surface area contributed by atoms with E-state index in [0.29, 0.717) is 13.1 Å². The van der Waals surface area contributed by atoms with E-state index in [4.69, 9.17) is 0 Å². The fraction of sp³-hybridized carbons (Fsp3) is 0.357. The van der Waals surface area contributed by atoms with E-state index in [1.54, 1.807) is 35.6 Å². The Bertz CT molecular complexity index is 678. The molecule has 21 heavy (non-hydrogen) atoms. The molecule has 2 aromatic rings. The van der Waals surface area contributed by atoms with Gasteiger partial charge in [-0.3, -0.25) is 0 Å². The highest BCUT2D eigenvalue weighted by atomic mass is 32.2. The van der Waals surface area contributed by atoms with Gasteiger partial charge in [0.1, 0.15) is 0 Å². The first-order valence-electron chi connectivity index (χ1n) is 6.76. The van der Waals surface area contributed by atoms with Gasteiger partial charge >= 0.3 is 0 Å². The van der Waals surface area contributed by atoms with Gasteiger partial charge in [0, 0.05) is 17.6 Å². The number of hydrogen-bond acceptors (Lipinski definition) is 5. The molecule has 0 aliphatic rings. The molecule has 1 aromatic carbocycles. The maximum Gasteiger partial charge on any atom is 0.240 e. The molecular weight excluding hydrogens is 306 g/mol. The van der Waals surface area contributed by atoms with Crippen molar-refractivity contribution in [3.63, 3.8) is 0 Å². The number of benzene rings is 1. The molecule has 2 N–H and O–H groups in total. The standard InChI is InChI=1S/C14H19N3O2S2/c1-3-8-16-21(18,19)14-6-4-12(5-7-14)15-9-13-10-20-11(2)17-13/h4-7,10,15-16H,3,8-9H2,1-2H3. The van der Waals surface area contributed by atoms with Crippen molar-refractivity contribution in [2.75, 3.05) is 11.9 Å².